The van der Waals surface area contributed by atoms with Gasteiger partial charge in [-0.3, -0.25) is 9.48 Å². The van der Waals surface area contributed by atoms with Crippen LogP contribution in [0.4, 0.5) is 0 Å². The van der Waals surface area contributed by atoms with Crippen molar-refractivity contribution >= 4 is 17.0 Å². The summed E-state index contributed by atoms with van der Waals surface area (Å²) in [5, 5.41) is 15.0. The molecular formula is C33H51N5O3. The van der Waals surface area contributed by atoms with E-state index in [9.17, 15) is 9.90 Å². The Kier molecular flexibility index (Phi) is 11.8. The van der Waals surface area contributed by atoms with Crippen molar-refractivity contribution in [3.63, 3.8) is 0 Å². The van der Waals surface area contributed by atoms with Gasteiger partial charge in [-0.15, -0.1) is 0 Å². The molecule has 0 spiro atoms. The Morgan fingerprint density at radius 3 is 2.39 bits per heavy atom. The number of nitrogens with zero attached hydrogens (tertiary/aromatic N) is 5. The highest BCUT2D eigenvalue weighted by Crippen LogP contribution is 2.37. The van der Waals surface area contributed by atoms with Crippen molar-refractivity contribution in [1.29, 1.82) is 0 Å². The molecule has 4 rings (SSSR count). The minimum Gasteiger partial charge on any atom is -0.481 e. The van der Waals surface area contributed by atoms with Crippen LogP contribution in [0.15, 0.2) is 31.0 Å². The van der Waals surface area contributed by atoms with Crippen LogP contribution < -0.4 is 0 Å². The Bertz CT molecular complexity index is 1210. The minimum atomic E-state index is -0.780. The first kappa shape index (κ1) is 31.2. The highest BCUT2D eigenvalue weighted by molar-refractivity contribution is 5.90. The van der Waals surface area contributed by atoms with Crippen molar-refractivity contribution in [2.75, 3.05) is 6.61 Å². The van der Waals surface area contributed by atoms with E-state index in [0.29, 0.717) is 18.1 Å². The number of aliphatic carboxylic acids is 1. The lowest BCUT2D eigenvalue weighted by atomic mass is 9.89. The second-order valence-corrected chi connectivity index (χ2v) is 13.2. The Morgan fingerprint density at radius 2 is 1.71 bits per heavy atom. The topological polar surface area (TPSA) is 95.1 Å². The molecular weight excluding hydrogens is 514 g/mol. The number of fused-ring (bicyclic) bond motifs is 1. The predicted octanol–water partition coefficient (Wildman–Crippen LogP) is 8.42. The first-order valence-electron chi connectivity index (χ1n) is 16.0. The number of aromatic nitrogens is 5. The number of carboxylic acids is 1. The third-order valence-corrected chi connectivity index (χ3v) is 8.54. The fourth-order valence-corrected chi connectivity index (χ4v) is 6.24. The molecule has 0 amide bonds. The molecule has 1 N–H and O–H groups in total. The number of hydrogen-bond donors (Lipinski definition) is 1. The zero-order valence-electron chi connectivity index (χ0n) is 25.6. The lowest BCUT2D eigenvalue weighted by Crippen LogP contribution is -2.21. The van der Waals surface area contributed by atoms with Crippen LogP contribution in [0.2, 0.25) is 0 Å². The SMILES string of the molecule is CC(C)(C)CCCCCCCCCCCOCn1ccc2c(-c3cnn([C@H](CC(=O)O)C4CCCC4)c3)ncnc21. The van der Waals surface area contributed by atoms with Gasteiger partial charge in [-0.25, -0.2) is 9.97 Å². The van der Waals surface area contributed by atoms with Gasteiger partial charge in [-0.05, 0) is 43.1 Å². The Hall–Kier alpha value is -2.74. The summed E-state index contributed by atoms with van der Waals surface area (Å²) in [4.78, 5) is 20.7. The summed E-state index contributed by atoms with van der Waals surface area (Å²) in [7, 11) is 0. The molecule has 0 aromatic carbocycles. The molecule has 0 bridgehead atoms. The zero-order chi connectivity index (χ0) is 29.1. The number of carboxylic acid groups (broad SMARTS) is 1. The molecule has 1 atom stereocenters. The van der Waals surface area contributed by atoms with E-state index in [1.54, 1.807) is 12.5 Å². The number of carbonyl (C=O) groups is 1. The molecule has 0 aliphatic heterocycles. The van der Waals surface area contributed by atoms with Crippen molar-refractivity contribution in [1.82, 2.24) is 24.3 Å². The minimum absolute atomic E-state index is 0.0938. The van der Waals surface area contributed by atoms with Crippen molar-refractivity contribution in [3.05, 3.63) is 31.0 Å². The van der Waals surface area contributed by atoms with Crippen LogP contribution in [0.1, 0.15) is 123 Å². The second-order valence-electron chi connectivity index (χ2n) is 13.2. The van der Waals surface area contributed by atoms with Gasteiger partial charge < -0.3 is 14.4 Å². The molecule has 1 aliphatic carbocycles. The molecule has 226 valence electrons. The third kappa shape index (κ3) is 9.66. The summed E-state index contributed by atoms with van der Waals surface area (Å²) in [5.41, 5.74) is 3.01. The summed E-state index contributed by atoms with van der Waals surface area (Å²) in [6.07, 6.45) is 25.0. The fourth-order valence-electron chi connectivity index (χ4n) is 6.24. The van der Waals surface area contributed by atoms with E-state index in [2.05, 4.69) is 35.8 Å². The van der Waals surface area contributed by atoms with Gasteiger partial charge in [0.15, 0.2) is 0 Å². The summed E-state index contributed by atoms with van der Waals surface area (Å²) in [6.45, 7) is 8.22. The largest absolute Gasteiger partial charge is 0.481 e. The Morgan fingerprint density at radius 1 is 1.02 bits per heavy atom. The monoisotopic (exact) mass is 565 g/mol. The van der Waals surface area contributed by atoms with Gasteiger partial charge in [0.2, 0.25) is 0 Å². The first-order valence-corrected chi connectivity index (χ1v) is 16.0. The van der Waals surface area contributed by atoms with Crippen molar-refractivity contribution < 1.29 is 14.6 Å². The fraction of sp³-hybridized carbons (Fsp3) is 0.697. The third-order valence-electron chi connectivity index (χ3n) is 8.54. The summed E-state index contributed by atoms with van der Waals surface area (Å²) >= 11 is 0. The van der Waals surface area contributed by atoms with Crippen LogP contribution in [0.5, 0.6) is 0 Å². The Balaban J connectivity index is 1.20. The zero-order valence-corrected chi connectivity index (χ0v) is 25.6. The van der Waals surface area contributed by atoms with Crippen LogP contribution in [-0.2, 0) is 16.3 Å². The summed E-state index contributed by atoms with van der Waals surface area (Å²) in [5.74, 6) is -0.422. The van der Waals surface area contributed by atoms with Crippen molar-refractivity contribution in [2.45, 2.75) is 130 Å². The van der Waals surface area contributed by atoms with Gasteiger partial charge in [-0.2, -0.15) is 5.10 Å². The van der Waals surface area contributed by atoms with Gasteiger partial charge in [0.1, 0.15) is 18.7 Å². The number of hydrogen-bond acceptors (Lipinski definition) is 5. The van der Waals surface area contributed by atoms with Gasteiger partial charge in [0, 0.05) is 30.0 Å². The van der Waals surface area contributed by atoms with E-state index in [1.165, 1.54) is 57.8 Å². The van der Waals surface area contributed by atoms with E-state index in [1.807, 2.05) is 27.7 Å². The molecule has 0 unspecified atom stereocenters. The van der Waals surface area contributed by atoms with Crippen LogP contribution in [0.25, 0.3) is 22.3 Å². The van der Waals surface area contributed by atoms with E-state index in [-0.39, 0.29) is 12.5 Å². The lowest BCUT2D eigenvalue weighted by Gasteiger charge is -2.22. The van der Waals surface area contributed by atoms with Crippen LogP contribution in [0.3, 0.4) is 0 Å². The molecule has 3 heterocycles. The van der Waals surface area contributed by atoms with Crippen LogP contribution in [0, 0.1) is 11.3 Å². The van der Waals surface area contributed by atoms with Crippen LogP contribution >= 0.6 is 0 Å². The maximum atomic E-state index is 11.6. The molecule has 1 fully saturated rings. The van der Waals surface area contributed by atoms with Crippen LogP contribution in [-0.4, -0.2) is 42.0 Å². The molecule has 3 aromatic rings. The van der Waals surface area contributed by atoms with E-state index < -0.39 is 5.97 Å². The highest BCUT2D eigenvalue weighted by atomic mass is 16.5. The predicted molar refractivity (Wildman–Crippen MR) is 164 cm³/mol. The maximum absolute atomic E-state index is 11.6. The normalized spacial score (nSPS) is 15.2. The van der Waals surface area contributed by atoms with Gasteiger partial charge in [-0.1, -0.05) is 85.0 Å². The molecule has 0 saturated heterocycles. The van der Waals surface area contributed by atoms with Crippen molar-refractivity contribution in [3.8, 4) is 11.3 Å². The van der Waals surface area contributed by atoms with Crippen molar-refractivity contribution in [2.24, 2.45) is 11.3 Å². The molecule has 8 heteroatoms. The molecule has 1 saturated carbocycles. The lowest BCUT2D eigenvalue weighted by molar-refractivity contribution is -0.138. The second kappa shape index (κ2) is 15.5. The van der Waals surface area contributed by atoms with E-state index in [0.717, 1.165) is 61.0 Å². The summed E-state index contributed by atoms with van der Waals surface area (Å²) in [6, 6.07) is 1.91. The first-order chi connectivity index (χ1) is 19.8. The van der Waals surface area contributed by atoms with Gasteiger partial charge >= 0.3 is 5.97 Å². The average Bonchev–Trinajstić information content (AvgIpc) is 3.71. The standard InChI is InChI=1S/C33H51N5O3/c1-33(2,3)18-13-9-7-5-4-6-8-10-14-20-41-25-37-19-17-28-31(34-24-35-32(28)37)27-22-36-38(23-27)29(21-30(39)40)26-15-11-12-16-26/h17,19,22-24,26,29H,4-16,18,20-21,25H2,1-3H3,(H,39,40)/t29-/m1/s1. The van der Waals surface area contributed by atoms with Gasteiger partial charge in [0.25, 0.3) is 0 Å². The van der Waals surface area contributed by atoms with E-state index in [4.69, 9.17) is 4.74 Å². The molecule has 3 aromatic heterocycles. The number of ether oxygens (including phenoxy) is 1. The van der Waals surface area contributed by atoms with E-state index >= 15 is 0 Å². The molecule has 8 nitrogen and oxygen atoms in total. The smallest absolute Gasteiger partial charge is 0.305 e. The molecule has 0 radical (unpaired) electrons. The summed E-state index contributed by atoms with van der Waals surface area (Å²) < 4.78 is 9.86. The quantitative estimate of drug-likeness (QED) is 0.156. The molecule has 41 heavy (non-hydrogen) atoms. The number of rotatable bonds is 18. The average molecular weight is 566 g/mol. The van der Waals surface area contributed by atoms with Gasteiger partial charge in [0.05, 0.1) is 24.4 Å². The highest BCUT2D eigenvalue weighted by Gasteiger charge is 2.29. The Labute approximate surface area is 245 Å². The molecule has 1 aliphatic rings. The number of unbranched alkanes of at least 4 members (excludes halogenated alkanes) is 8. The maximum Gasteiger partial charge on any atom is 0.305 e.